The van der Waals surface area contributed by atoms with Crippen LogP contribution in [-0.4, -0.2) is 11.7 Å². The number of ether oxygens (including phenoxy) is 1. The second kappa shape index (κ2) is 4.54. The van der Waals surface area contributed by atoms with Crippen molar-refractivity contribution < 1.29 is 9.84 Å². The van der Waals surface area contributed by atoms with Crippen molar-refractivity contribution in [2.75, 3.05) is 6.61 Å². The Morgan fingerprint density at radius 3 is 2.83 bits per heavy atom. The second-order valence-electron chi connectivity index (χ2n) is 2.37. The van der Waals surface area contributed by atoms with Gasteiger partial charge in [0.25, 0.3) is 0 Å². The molecule has 0 unspecified atom stereocenters. The van der Waals surface area contributed by atoms with Crippen molar-refractivity contribution in [3.8, 4) is 11.5 Å². The van der Waals surface area contributed by atoms with Crippen LogP contribution in [0.1, 0.15) is 12.5 Å². The van der Waals surface area contributed by atoms with Crippen LogP contribution < -0.4 is 4.74 Å². The first-order valence-electron chi connectivity index (χ1n) is 3.78. The summed E-state index contributed by atoms with van der Waals surface area (Å²) in [6, 6.07) is 5.43. The van der Waals surface area contributed by atoms with Crippen LogP contribution in [0, 0.1) is 0 Å². The monoisotopic (exact) mass is 278 g/mol. The van der Waals surface area contributed by atoms with E-state index in [1.54, 1.807) is 6.07 Å². The minimum absolute atomic E-state index is 0.213. The smallest absolute Gasteiger partial charge is 0.161 e. The van der Waals surface area contributed by atoms with Crippen LogP contribution in [0.2, 0.25) is 0 Å². The zero-order chi connectivity index (χ0) is 8.97. The summed E-state index contributed by atoms with van der Waals surface area (Å²) in [5.41, 5.74) is 1.16. The van der Waals surface area contributed by atoms with E-state index in [0.29, 0.717) is 12.4 Å². The van der Waals surface area contributed by atoms with Crippen LogP contribution >= 0.6 is 22.6 Å². The molecule has 3 heteroatoms. The predicted octanol–water partition coefficient (Wildman–Crippen LogP) is 2.73. The van der Waals surface area contributed by atoms with Gasteiger partial charge in [-0.3, -0.25) is 0 Å². The van der Waals surface area contributed by atoms with Gasteiger partial charge in [-0.15, -0.1) is 0 Å². The van der Waals surface area contributed by atoms with Crippen LogP contribution in [-0.2, 0) is 4.43 Å². The zero-order valence-corrected chi connectivity index (χ0v) is 9.04. The summed E-state index contributed by atoms with van der Waals surface area (Å²) >= 11 is 2.27. The molecule has 0 aliphatic rings. The number of aromatic hydroxyl groups is 1. The Labute approximate surface area is 85.7 Å². The van der Waals surface area contributed by atoms with Crippen molar-refractivity contribution in [1.82, 2.24) is 0 Å². The Kier molecular flexibility index (Phi) is 3.65. The van der Waals surface area contributed by atoms with E-state index < -0.39 is 0 Å². The van der Waals surface area contributed by atoms with Crippen molar-refractivity contribution >= 4 is 22.6 Å². The first-order chi connectivity index (χ1) is 5.77. The maximum atomic E-state index is 9.33. The average molecular weight is 278 g/mol. The van der Waals surface area contributed by atoms with Gasteiger partial charge in [-0.05, 0) is 24.6 Å². The normalized spacial score (nSPS) is 9.83. The molecule has 1 aromatic rings. The topological polar surface area (TPSA) is 29.5 Å². The molecule has 2 nitrogen and oxygen atoms in total. The predicted molar refractivity (Wildman–Crippen MR) is 57.0 cm³/mol. The van der Waals surface area contributed by atoms with E-state index in [2.05, 4.69) is 22.6 Å². The van der Waals surface area contributed by atoms with Crippen molar-refractivity contribution in [1.29, 1.82) is 0 Å². The molecule has 66 valence electrons. The SMILES string of the molecule is CCOc1cc(CI)ccc1O. The van der Waals surface area contributed by atoms with E-state index in [0.717, 1.165) is 9.99 Å². The molecule has 0 spiro atoms. The van der Waals surface area contributed by atoms with Gasteiger partial charge >= 0.3 is 0 Å². The highest BCUT2D eigenvalue weighted by molar-refractivity contribution is 14.1. The molecule has 0 aliphatic heterocycles. The summed E-state index contributed by atoms with van der Waals surface area (Å²) in [6.45, 7) is 2.48. The number of hydrogen-bond acceptors (Lipinski definition) is 2. The standard InChI is InChI=1S/C9H11IO2/c1-2-12-9-5-7(6-10)3-4-8(9)11/h3-5,11H,2,6H2,1H3. The van der Waals surface area contributed by atoms with Gasteiger partial charge in [-0.1, -0.05) is 28.7 Å². The number of phenolic OH excluding ortho intramolecular Hbond substituents is 1. The van der Waals surface area contributed by atoms with Crippen LogP contribution in [0.5, 0.6) is 11.5 Å². The number of alkyl halides is 1. The second-order valence-corrected chi connectivity index (χ2v) is 3.13. The molecule has 0 aliphatic carbocycles. The van der Waals surface area contributed by atoms with Gasteiger partial charge in [-0.2, -0.15) is 0 Å². The quantitative estimate of drug-likeness (QED) is 0.680. The van der Waals surface area contributed by atoms with Crippen molar-refractivity contribution in [3.05, 3.63) is 23.8 Å². The summed E-state index contributed by atoms with van der Waals surface area (Å²) < 4.78 is 6.15. The van der Waals surface area contributed by atoms with Crippen molar-refractivity contribution in [3.63, 3.8) is 0 Å². The Morgan fingerprint density at radius 1 is 1.50 bits per heavy atom. The van der Waals surface area contributed by atoms with Gasteiger partial charge < -0.3 is 9.84 Å². The third-order valence-electron chi connectivity index (χ3n) is 1.48. The Hall–Kier alpha value is -0.450. The third-order valence-corrected chi connectivity index (χ3v) is 2.36. The number of hydrogen-bond donors (Lipinski definition) is 1. The first kappa shape index (κ1) is 9.64. The average Bonchev–Trinajstić information content (AvgIpc) is 2.09. The number of benzene rings is 1. The lowest BCUT2D eigenvalue weighted by atomic mass is 10.2. The van der Waals surface area contributed by atoms with E-state index in [9.17, 15) is 5.11 Å². The van der Waals surface area contributed by atoms with Gasteiger partial charge in [0.05, 0.1) is 6.61 Å². The first-order valence-corrected chi connectivity index (χ1v) is 5.31. The number of halogens is 1. The molecule has 0 saturated heterocycles. The Balaban J connectivity index is 2.91. The fourth-order valence-corrected chi connectivity index (χ4v) is 1.39. The van der Waals surface area contributed by atoms with E-state index in [4.69, 9.17) is 4.74 Å². The molecular weight excluding hydrogens is 267 g/mol. The molecule has 0 aromatic heterocycles. The lowest BCUT2D eigenvalue weighted by Crippen LogP contribution is -1.92. The Morgan fingerprint density at radius 2 is 2.25 bits per heavy atom. The molecule has 0 fully saturated rings. The minimum Gasteiger partial charge on any atom is -0.504 e. The van der Waals surface area contributed by atoms with Gasteiger partial charge in [0.15, 0.2) is 11.5 Å². The highest BCUT2D eigenvalue weighted by Gasteiger charge is 2.01. The van der Waals surface area contributed by atoms with Gasteiger partial charge in [0.2, 0.25) is 0 Å². The molecule has 0 bridgehead atoms. The molecular formula is C9H11IO2. The maximum Gasteiger partial charge on any atom is 0.161 e. The molecule has 0 heterocycles. The van der Waals surface area contributed by atoms with Crippen molar-refractivity contribution in [2.45, 2.75) is 11.4 Å². The summed E-state index contributed by atoms with van der Waals surface area (Å²) in [7, 11) is 0. The van der Waals surface area contributed by atoms with E-state index in [1.165, 1.54) is 0 Å². The summed E-state index contributed by atoms with van der Waals surface area (Å²) in [5, 5.41) is 9.33. The molecule has 1 aromatic carbocycles. The highest BCUT2D eigenvalue weighted by Crippen LogP contribution is 2.27. The van der Waals surface area contributed by atoms with Gasteiger partial charge in [0, 0.05) is 4.43 Å². The van der Waals surface area contributed by atoms with Crippen LogP contribution in [0.3, 0.4) is 0 Å². The van der Waals surface area contributed by atoms with Crippen molar-refractivity contribution in [2.24, 2.45) is 0 Å². The van der Waals surface area contributed by atoms with E-state index in [-0.39, 0.29) is 5.75 Å². The molecule has 1 N–H and O–H groups in total. The van der Waals surface area contributed by atoms with Gasteiger partial charge in [-0.25, -0.2) is 0 Å². The number of phenols is 1. The summed E-state index contributed by atoms with van der Waals surface area (Å²) in [6.07, 6.45) is 0. The molecule has 1 rings (SSSR count). The van der Waals surface area contributed by atoms with Crippen LogP contribution in [0.15, 0.2) is 18.2 Å². The fourth-order valence-electron chi connectivity index (χ4n) is 0.913. The van der Waals surface area contributed by atoms with E-state index in [1.807, 2.05) is 19.1 Å². The fraction of sp³-hybridized carbons (Fsp3) is 0.333. The van der Waals surface area contributed by atoms with Crippen LogP contribution in [0.25, 0.3) is 0 Å². The highest BCUT2D eigenvalue weighted by atomic mass is 127. The lowest BCUT2D eigenvalue weighted by Gasteiger charge is -2.06. The van der Waals surface area contributed by atoms with Gasteiger partial charge in [0.1, 0.15) is 0 Å². The Bertz CT molecular complexity index is 261. The maximum absolute atomic E-state index is 9.33. The number of rotatable bonds is 3. The third kappa shape index (κ3) is 2.27. The van der Waals surface area contributed by atoms with Crippen LogP contribution in [0.4, 0.5) is 0 Å². The largest absolute Gasteiger partial charge is 0.504 e. The molecule has 12 heavy (non-hydrogen) atoms. The molecule has 0 radical (unpaired) electrons. The minimum atomic E-state index is 0.213. The summed E-state index contributed by atoms with van der Waals surface area (Å²) in [4.78, 5) is 0. The lowest BCUT2D eigenvalue weighted by molar-refractivity contribution is 0.318. The molecule has 0 saturated carbocycles. The summed E-state index contributed by atoms with van der Waals surface area (Å²) in [5.74, 6) is 0.789. The molecule has 0 atom stereocenters. The molecule has 0 amide bonds. The zero-order valence-electron chi connectivity index (χ0n) is 6.88. The van der Waals surface area contributed by atoms with E-state index >= 15 is 0 Å².